The Morgan fingerprint density at radius 2 is 1.68 bits per heavy atom. The molecule has 0 fully saturated rings. The summed E-state index contributed by atoms with van der Waals surface area (Å²) in [5, 5.41) is 3.78. The molecule has 1 atom stereocenters. The van der Waals surface area contributed by atoms with Gasteiger partial charge in [-0.3, -0.25) is 0 Å². The number of hydrogen-bond donors (Lipinski definition) is 1. The van der Waals surface area contributed by atoms with Gasteiger partial charge in [-0.2, -0.15) is 0 Å². The molecular weight excluding hydrogens is 266 g/mol. The van der Waals surface area contributed by atoms with E-state index in [1.165, 1.54) is 56.1 Å². The first-order chi connectivity index (χ1) is 10.9. The highest BCUT2D eigenvalue weighted by Crippen LogP contribution is 2.29. The molecule has 0 aliphatic heterocycles. The van der Waals surface area contributed by atoms with Crippen LogP contribution in [-0.2, 0) is 12.8 Å². The molecule has 0 amide bonds. The predicted molar refractivity (Wildman–Crippen MR) is 94.1 cm³/mol. The first-order valence-corrected chi connectivity index (χ1v) is 8.78. The minimum Gasteiger partial charge on any atom is -0.310 e. The van der Waals surface area contributed by atoms with Crippen LogP contribution in [0, 0.1) is 0 Å². The van der Waals surface area contributed by atoms with Gasteiger partial charge in [0.05, 0.1) is 0 Å². The molecule has 0 spiro atoms. The first kappa shape index (κ1) is 15.3. The third kappa shape index (κ3) is 4.20. The summed E-state index contributed by atoms with van der Waals surface area (Å²) >= 11 is 0. The number of aryl methyl sites for hydroxylation is 2. The summed E-state index contributed by atoms with van der Waals surface area (Å²) < 4.78 is 0. The lowest BCUT2D eigenvalue weighted by atomic mass is 9.88. The molecular formula is C21H27N. The summed E-state index contributed by atoms with van der Waals surface area (Å²) in [6.45, 7) is 1.15. The van der Waals surface area contributed by atoms with E-state index in [0.29, 0.717) is 6.04 Å². The fourth-order valence-corrected chi connectivity index (χ4v) is 3.52. The molecule has 0 saturated heterocycles. The molecule has 0 aromatic heterocycles. The molecule has 0 bridgehead atoms. The quantitative estimate of drug-likeness (QED) is 0.703. The Labute approximate surface area is 134 Å². The van der Waals surface area contributed by atoms with Gasteiger partial charge >= 0.3 is 0 Å². The van der Waals surface area contributed by atoms with Gasteiger partial charge in [0.15, 0.2) is 0 Å². The molecule has 2 aromatic carbocycles. The molecule has 3 rings (SSSR count). The highest BCUT2D eigenvalue weighted by Gasteiger charge is 2.18. The Hall–Kier alpha value is -1.60. The average Bonchev–Trinajstić information content (AvgIpc) is 2.59. The molecule has 1 heteroatoms. The van der Waals surface area contributed by atoms with E-state index in [2.05, 4.69) is 59.9 Å². The minimum absolute atomic E-state index is 0.582. The Kier molecular flexibility index (Phi) is 5.66. The summed E-state index contributed by atoms with van der Waals surface area (Å²) in [4.78, 5) is 0. The lowest BCUT2D eigenvalue weighted by Crippen LogP contribution is -2.26. The fraction of sp³-hybridized carbons (Fsp3) is 0.429. The molecule has 22 heavy (non-hydrogen) atoms. The topological polar surface area (TPSA) is 12.0 Å². The summed E-state index contributed by atoms with van der Waals surface area (Å²) in [5.41, 5.74) is 4.56. The van der Waals surface area contributed by atoms with Crippen LogP contribution in [0.2, 0.25) is 0 Å². The molecule has 2 aromatic rings. The van der Waals surface area contributed by atoms with E-state index in [0.717, 1.165) is 6.54 Å². The molecule has 0 heterocycles. The van der Waals surface area contributed by atoms with E-state index in [1.807, 2.05) is 0 Å². The zero-order valence-electron chi connectivity index (χ0n) is 13.4. The third-order valence-corrected chi connectivity index (χ3v) is 4.75. The Morgan fingerprint density at radius 3 is 2.59 bits per heavy atom. The smallest absolute Gasteiger partial charge is 0.0323 e. The van der Waals surface area contributed by atoms with Crippen molar-refractivity contribution in [1.29, 1.82) is 0 Å². The fourth-order valence-electron chi connectivity index (χ4n) is 3.52. The molecule has 1 aliphatic carbocycles. The second-order valence-corrected chi connectivity index (χ2v) is 6.39. The Morgan fingerprint density at radius 1 is 0.864 bits per heavy atom. The summed E-state index contributed by atoms with van der Waals surface area (Å²) in [6, 6.07) is 20.4. The van der Waals surface area contributed by atoms with Crippen molar-refractivity contribution < 1.29 is 0 Å². The van der Waals surface area contributed by atoms with E-state index in [4.69, 9.17) is 0 Å². The lowest BCUT2D eigenvalue weighted by molar-refractivity contribution is 0.450. The maximum atomic E-state index is 3.78. The third-order valence-electron chi connectivity index (χ3n) is 4.75. The zero-order valence-corrected chi connectivity index (χ0v) is 13.4. The predicted octanol–water partition coefficient (Wildman–Crippen LogP) is 5.07. The van der Waals surface area contributed by atoms with Gasteiger partial charge in [0, 0.05) is 6.04 Å². The number of rotatable bonds is 7. The van der Waals surface area contributed by atoms with Crippen molar-refractivity contribution in [3.8, 4) is 0 Å². The van der Waals surface area contributed by atoms with Gasteiger partial charge in [-0.05, 0) is 61.8 Å². The first-order valence-electron chi connectivity index (χ1n) is 8.78. The molecule has 1 N–H and O–H groups in total. The number of unbranched alkanes of at least 4 members (excludes halogenated alkanes) is 2. The second-order valence-electron chi connectivity index (χ2n) is 6.39. The van der Waals surface area contributed by atoms with Gasteiger partial charge in [-0.1, -0.05) is 61.0 Å². The van der Waals surface area contributed by atoms with Crippen molar-refractivity contribution in [2.75, 3.05) is 6.54 Å². The number of fused-ring (bicyclic) bond motifs is 1. The number of hydrogen-bond acceptors (Lipinski definition) is 1. The van der Waals surface area contributed by atoms with Crippen molar-refractivity contribution in [2.24, 2.45) is 0 Å². The van der Waals surface area contributed by atoms with Gasteiger partial charge < -0.3 is 5.32 Å². The van der Waals surface area contributed by atoms with Crippen molar-refractivity contribution >= 4 is 0 Å². The van der Waals surface area contributed by atoms with Crippen LogP contribution in [0.3, 0.4) is 0 Å². The summed E-state index contributed by atoms with van der Waals surface area (Å²) in [7, 11) is 0. The normalized spacial score (nSPS) is 17.2. The van der Waals surface area contributed by atoms with Crippen molar-refractivity contribution in [3.05, 3.63) is 71.3 Å². The Bertz CT molecular complexity index is 561. The van der Waals surface area contributed by atoms with Gasteiger partial charge in [-0.25, -0.2) is 0 Å². The second kappa shape index (κ2) is 8.14. The van der Waals surface area contributed by atoms with Crippen LogP contribution in [0.25, 0.3) is 0 Å². The zero-order chi connectivity index (χ0) is 15.0. The van der Waals surface area contributed by atoms with Gasteiger partial charge in [0.2, 0.25) is 0 Å². The maximum Gasteiger partial charge on any atom is 0.0323 e. The SMILES string of the molecule is c1ccc(CCCCCNC2CCCc3ccccc32)cc1. The van der Waals surface area contributed by atoms with Crippen molar-refractivity contribution in [3.63, 3.8) is 0 Å². The van der Waals surface area contributed by atoms with E-state index in [1.54, 1.807) is 5.56 Å². The van der Waals surface area contributed by atoms with E-state index in [-0.39, 0.29) is 0 Å². The van der Waals surface area contributed by atoms with Crippen LogP contribution >= 0.6 is 0 Å². The number of benzene rings is 2. The van der Waals surface area contributed by atoms with Crippen LogP contribution in [0.1, 0.15) is 54.8 Å². The molecule has 0 radical (unpaired) electrons. The largest absolute Gasteiger partial charge is 0.310 e. The number of nitrogens with one attached hydrogen (secondary N) is 1. The Balaban J connectivity index is 1.36. The standard InChI is InChI=1S/C21H27N/c1-3-10-18(11-4-1)12-5-2-8-17-22-21-16-9-14-19-13-6-7-15-20(19)21/h1,3-4,6-7,10-11,13,15,21-22H,2,5,8-9,12,14,16-17H2. The van der Waals surface area contributed by atoms with Gasteiger partial charge in [0.1, 0.15) is 0 Å². The monoisotopic (exact) mass is 293 g/mol. The molecule has 1 aliphatic rings. The van der Waals surface area contributed by atoms with Gasteiger partial charge in [-0.15, -0.1) is 0 Å². The summed E-state index contributed by atoms with van der Waals surface area (Å²) in [5.74, 6) is 0. The van der Waals surface area contributed by atoms with E-state index in [9.17, 15) is 0 Å². The molecule has 0 saturated carbocycles. The van der Waals surface area contributed by atoms with Crippen LogP contribution in [0.5, 0.6) is 0 Å². The molecule has 1 unspecified atom stereocenters. The maximum absolute atomic E-state index is 3.78. The van der Waals surface area contributed by atoms with Crippen LogP contribution < -0.4 is 5.32 Å². The summed E-state index contributed by atoms with van der Waals surface area (Å²) in [6.07, 6.45) is 8.98. The molecule has 1 nitrogen and oxygen atoms in total. The lowest BCUT2D eigenvalue weighted by Gasteiger charge is -2.26. The van der Waals surface area contributed by atoms with E-state index >= 15 is 0 Å². The van der Waals surface area contributed by atoms with Gasteiger partial charge in [0.25, 0.3) is 0 Å². The minimum atomic E-state index is 0.582. The highest BCUT2D eigenvalue weighted by molar-refractivity contribution is 5.32. The van der Waals surface area contributed by atoms with Crippen molar-refractivity contribution in [2.45, 2.75) is 51.0 Å². The average molecular weight is 293 g/mol. The molecule has 116 valence electrons. The highest BCUT2D eigenvalue weighted by atomic mass is 14.9. The van der Waals surface area contributed by atoms with Crippen LogP contribution in [0.15, 0.2) is 54.6 Å². The van der Waals surface area contributed by atoms with Crippen LogP contribution in [0.4, 0.5) is 0 Å². The van der Waals surface area contributed by atoms with E-state index < -0.39 is 0 Å². The van der Waals surface area contributed by atoms with Crippen molar-refractivity contribution in [1.82, 2.24) is 5.32 Å². The van der Waals surface area contributed by atoms with Crippen LogP contribution in [-0.4, -0.2) is 6.54 Å².